The van der Waals surface area contributed by atoms with Crippen LogP contribution in [0.15, 0.2) is 12.1 Å². The van der Waals surface area contributed by atoms with Gasteiger partial charge in [-0.05, 0) is 45.9 Å². The van der Waals surface area contributed by atoms with E-state index in [4.69, 9.17) is 5.73 Å². The predicted molar refractivity (Wildman–Crippen MR) is 79.2 cm³/mol. The minimum atomic E-state index is 0.214. The second-order valence-electron chi connectivity index (χ2n) is 7.08. The Morgan fingerprint density at radius 2 is 1.72 bits per heavy atom. The Morgan fingerprint density at radius 1 is 1.11 bits per heavy atom. The highest BCUT2D eigenvalue weighted by molar-refractivity contribution is 5.50. The van der Waals surface area contributed by atoms with Crippen LogP contribution in [0.2, 0.25) is 0 Å². The van der Waals surface area contributed by atoms with Crippen molar-refractivity contribution >= 4 is 0 Å². The lowest BCUT2D eigenvalue weighted by atomic mass is 9.79. The van der Waals surface area contributed by atoms with Crippen LogP contribution in [0.1, 0.15) is 88.1 Å². The lowest BCUT2D eigenvalue weighted by molar-refractivity contribution is 0.477. The standard InChI is InChI=1S/C17H27N/c1-10(2)12-7-13(11(3)4)16-14(8-12)15(18)9-17(16,5)6/h7-8,10-11,15H,9,18H2,1-6H3/t15-/m1/s1. The van der Waals surface area contributed by atoms with Crippen molar-refractivity contribution in [3.8, 4) is 0 Å². The van der Waals surface area contributed by atoms with Gasteiger partial charge in [-0.2, -0.15) is 0 Å². The number of nitrogens with two attached hydrogens (primary N) is 1. The summed E-state index contributed by atoms with van der Waals surface area (Å²) in [6.45, 7) is 13.8. The van der Waals surface area contributed by atoms with Gasteiger partial charge in [-0.1, -0.05) is 53.7 Å². The highest BCUT2D eigenvalue weighted by atomic mass is 14.7. The van der Waals surface area contributed by atoms with E-state index < -0.39 is 0 Å². The van der Waals surface area contributed by atoms with E-state index >= 15 is 0 Å². The van der Waals surface area contributed by atoms with Crippen LogP contribution in [0, 0.1) is 0 Å². The Morgan fingerprint density at radius 3 is 2.22 bits per heavy atom. The number of benzene rings is 1. The van der Waals surface area contributed by atoms with Crippen molar-refractivity contribution in [3.05, 3.63) is 34.4 Å². The summed E-state index contributed by atoms with van der Waals surface area (Å²) >= 11 is 0. The van der Waals surface area contributed by atoms with Crippen LogP contribution in [-0.2, 0) is 5.41 Å². The van der Waals surface area contributed by atoms with Gasteiger partial charge >= 0.3 is 0 Å². The first kappa shape index (κ1) is 13.6. The van der Waals surface area contributed by atoms with Crippen LogP contribution in [0.4, 0.5) is 0 Å². The van der Waals surface area contributed by atoms with Gasteiger partial charge in [-0.15, -0.1) is 0 Å². The van der Waals surface area contributed by atoms with Crippen LogP contribution >= 0.6 is 0 Å². The first-order chi connectivity index (χ1) is 8.24. The molecular formula is C17H27N. The third-order valence-electron chi connectivity index (χ3n) is 4.32. The fraction of sp³-hybridized carbons (Fsp3) is 0.647. The SMILES string of the molecule is CC(C)c1cc(C(C)C)c2c(c1)[C@H](N)CC2(C)C. The fourth-order valence-electron chi connectivity index (χ4n) is 3.34. The molecule has 0 unspecified atom stereocenters. The van der Waals surface area contributed by atoms with Crippen molar-refractivity contribution in [1.29, 1.82) is 0 Å². The smallest absolute Gasteiger partial charge is 0.0306 e. The lowest BCUT2D eigenvalue weighted by Gasteiger charge is -2.25. The maximum atomic E-state index is 6.36. The molecule has 0 radical (unpaired) electrons. The molecule has 0 aromatic heterocycles. The highest BCUT2D eigenvalue weighted by Crippen LogP contribution is 2.47. The van der Waals surface area contributed by atoms with Gasteiger partial charge in [-0.3, -0.25) is 0 Å². The largest absolute Gasteiger partial charge is 0.324 e. The van der Waals surface area contributed by atoms with E-state index in [1.807, 2.05) is 0 Å². The van der Waals surface area contributed by atoms with Gasteiger partial charge in [0.1, 0.15) is 0 Å². The van der Waals surface area contributed by atoms with Crippen molar-refractivity contribution in [2.24, 2.45) is 5.73 Å². The van der Waals surface area contributed by atoms with Gasteiger partial charge in [0.05, 0.1) is 0 Å². The molecule has 0 aliphatic heterocycles. The molecule has 0 fully saturated rings. The van der Waals surface area contributed by atoms with E-state index in [0.717, 1.165) is 6.42 Å². The Labute approximate surface area is 112 Å². The molecule has 1 aliphatic rings. The average Bonchev–Trinajstić information content (AvgIpc) is 2.48. The summed E-state index contributed by atoms with van der Waals surface area (Å²) in [4.78, 5) is 0. The van der Waals surface area contributed by atoms with E-state index in [2.05, 4.69) is 53.7 Å². The molecule has 1 atom stereocenters. The zero-order valence-corrected chi connectivity index (χ0v) is 12.7. The van der Waals surface area contributed by atoms with Crippen molar-refractivity contribution in [2.45, 2.75) is 71.3 Å². The Kier molecular flexibility index (Phi) is 3.31. The lowest BCUT2D eigenvalue weighted by Crippen LogP contribution is -2.16. The molecule has 0 spiro atoms. The van der Waals surface area contributed by atoms with Crippen LogP contribution in [0.5, 0.6) is 0 Å². The number of rotatable bonds is 2. The van der Waals surface area contributed by atoms with E-state index in [1.54, 1.807) is 0 Å². The Balaban J connectivity index is 2.69. The third kappa shape index (κ3) is 2.09. The topological polar surface area (TPSA) is 26.0 Å². The van der Waals surface area contributed by atoms with Gasteiger partial charge in [0, 0.05) is 6.04 Å². The molecule has 18 heavy (non-hydrogen) atoms. The number of hydrogen-bond acceptors (Lipinski definition) is 1. The predicted octanol–water partition coefficient (Wildman–Crippen LogP) is 4.61. The summed E-state index contributed by atoms with van der Waals surface area (Å²) in [5.41, 5.74) is 12.5. The zero-order valence-electron chi connectivity index (χ0n) is 12.7. The Bertz CT molecular complexity index is 455. The van der Waals surface area contributed by atoms with E-state index in [0.29, 0.717) is 11.8 Å². The normalized spacial score (nSPS) is 21.7. The quantitative estimate of drug-likeness (QED) is 0.808. The van der Waals surface area contributed by atoms with Gasteiger partial charge in [0.15, 0.2) is 0 Å². The van der Waals surface area contributed by atoms with E-state index in [-0.39, 0.29) is 11.5 Å². The minimum Gasteiger partial charge on any atom is -0.324 e. The maximum absolute atomic E-state index is 6.36. The van der Waals surface area contributed by atoms with Gasteiger partial charge in [0.25, 0.3) is 0 Å². The van der Waals surface area contributed by atoms with Gasteiger partial charge < -0.3 is 5.73 Å². The number of fused-ring (bicyclic) bond motifs is 1. The van der Waals surface area contributed by atoms with Gasteiger partial charge in [0.2, 0.25) is 0 Å². The summed E-state index contributed by atoms with van der Waals surface area (Å²) in [5, 5.41) is 0. The molecule has 0 bridgehead atoms. The highest BCUT2D eigenvalue weighted by Gasteiger charge is 2.37. The van der Waals surface area contributed by atoms with Crippen LogP contribution in [0.25, 0.3) is 0 Å². The molecular weight excluding hydrogens is 218 g/mol. The van der Waals surface area contributed by atoms with Crippen LogP contribution < -0.4 is 5.73 Å². The second-order valence-corrected chi connectivity index (χ2v) is 7.08. The van der Waals surface area contributed by atoms with E-state index in [9.17, 15) is 0 Å². The van der Waals surface area contributed by atoms with Crippen LogP contribution in [0.3, 0.4) is 0 Å². The molecule has 2 rings (SSSR count). The van der Waals surface area contributed by atoms with E-state index in [1.165, 1.54) is 22.3 Å². The minimum absolute atomic E-state index is 0.214. The molecule has 0 amide bonds. The van der Waals surface area contributed by atoms with Crippen molar-refractivity contribution < 1.29 is 0 Å². The maximum Gasteiger partial charge on any atom is 0.0306 e. The first-order valence-corrected chi connectivity index (χ1v) is 7.18. The van der Waals surface area contributed by atoms with Crippen LogP contribution in [-0.4, -0.2) is 0 Å². The van der Waals surface area contributed by atoms with Gasteiger partial charge in [-0.25, -0.2) is 0 Å². The summed E-state index contributed by atoms with van der Waals surface area (Å²) in [6, 6.07) is 4.98. The van der Waals surface area contributed by atoms with Crippen molar-refractivity contribution in [1.82, 2.24) is 0 Å². The molecule has 1 heteroatoms. The molecule has 100 valence electrons. The molecule has 1 nitrogen and oxygen atoms in total. The van der Waals surface area contributed by atoms with Crippen molar-refractivity contribution in [3.63, 3.8) is 0 Å². The summed E-state index contributed by atoms with van der Waals surface area (Å²) in [6.07, 6.45) is 1.07. The molecule has 0 saturated heterocycles. The Hall–Kier alpha value is -0.820. The molecule has 2 N–H and O–H groups in total. The zero-order chi connectivity index (χ0) is 13.7. The van der Waals surface area contributed by atoms with Crippen molar-refractivity contribution in [2.75, 3.05) is 0 Å². The first-order valence-electron chi connectivity index (χ1n) is 7.18. The molecule has 1 aromatic rings. The molecule has 1 aliphatic carbocycles. The molecule has 0 heterocycles. The number of hydrogen-bond donors (Lipinski definition) is 1. The summed E-state index contributed by atoms with van der Waals surface area (Å²) in [5.74, 6) is 1.14. The third-order valence-corrected chi connectivity index (χ3v) is 4.32. The summed E-state index contributed by atoms with van der Waals surface area (Å²) < 4.78 is 0. The fourth-order valence-corrected chi connectivity index (χ4v) is 3.34. The second kappa shape index (κ2) is 4.38. The summed E-state index contributed by atoms with van der Waals surface area (Å²) in [7, 11) is 0. The molecule has 0 saturated carbocycles. The monoisotopic (exact) mass is 245 g/mol. The molecule has 1 aromatic carbocycles. The average molecular weight is 245 g/mol.